The number of alkyl halides is 2. The Morgan fingerprint density at radius 1 is 1.00 bits per heavy atom. The number of halogens is 2. The van der Waals surface area contributed by atoms with Crippen LogP contribution in [0.1, 0.15) is 39.5 Å². The Kier molecular flexibility index (Phi) is 2.50. The average Bonchev–Trinajstić information content (AvgIpc) is 2.41. The Labute approximate surface area is 67.0 Å². The Bertz CT molecular complexity index is 118. The first-order chi connectivity index (χ1) is 5.14. The van der Waals surface area contributed by atoms with Gasteiger partial charge in [-0.2, -0.15) is 0 Å². The topological polar surface area (TPSA) is 0 Å². The van der Waals surface area contributed by atoms with Gasteiger partial charge in [0.2, 0.25) is 0 Å². The zero-order chi connectivity index (χ0) is 8.48. The lowest BCUT2D eigenvalue weighted by Gasteiger charge is -1.91. The Hall–Kier alpha value is -0.140. The van der Waals surface area contributed by atoms with Gasteiger partial charge >= 0.3 is 0 Å². The molecule has 0 heterocycles. The molecular formula is C9H16F2. The first kappa shape index (κ1) is 8.95. The standard InChI is InChI=1S/C9H16F2/c1-3-5-7-8(6-4-2)9(7,10)11/h7-8H,3-6H2,1-2H3/t7-,8-/m0/s1. The van der Waals surface area contributed by atoms with E-state index in [0.717, 1.165) is 12.8 Å². The van der Waals surface area contributed by atoms with E-state index >= 15 is 0 Å². The Morgan fingerprint density at radius 3 is 1.64 bits per heavy atom. The van der Waals surface area contributed by atoms with Crippen molar-refractivity contribution in [3.63, 3.8) is 0 Å². The lowest BCUT2D eigenvalue weighted by Crippen LogP contribution is -1.94. The lowest BCUT2D eigenvalue weighted by atomic mass is 10.1. The van der Waals surface area contributed by atoms with Crippen molar-refractivity contribution in [2.24, 2.45) is 11.8 Å². The molecule has 1 fully saturated rings. The summed E-state index contributed by atoms with van der Waals surface area (Å²) in [4.78, 5) is 0. The van der Waals surface area contributed by atoms with E-state index in [4.69, 9.17) is 0 Å². The lowest BCUT2D eigenvalue weighted by molar-refractivity contribution is 0.0812. The van der Waals surface area contributed by atoms with Crippen LogP contribution in [0, 0.1) is 11.8 Å². The fraction of sp³-hybridized carbons (Fsp3) is 1.00. The summed E-state index contributed by atoms with van der Waals surface area (Å²) in [6.07, 6.45) is 3.19. The molecule has 11 heavy (non-hydrogen) atoms. The maximum Gasteiger partial charge on any atom is 0.254 e. The minimum atomic E-state index is -2.31. The molecule has 0 aromatic carbocycles. The van der Waals surface area contributed by atoms with E-state index in [-0.39, 0.29) is 11.8 Å². The van der Waals surface area contributed by atoms with E-state index < -0.39 is 5.92 Å². The molecule has 1 aliphatic rings. The molecule has 0 spiro atoms. The van der Waals surface area contributed by atoms with Gasteiger partial charge in [0.1, 0.15) is 0 Å². The summed E-state index contributed by atoms with van der Waals surface area (Å²) in [6, 6.07) is 0. The van der Waals surface area contributed by atoms with Gasteiger partial charge < -0.3 is 0 Å². The van der Waals surface area contributed by atoms with E-state index in [9.17, 15) is 8.78 Å². The highest BCUT2D eigenvalue weighted by Crippen LogP contribution is 2.59. The predicted octanol–water partition coefficient (Wildman–Crippen LogP) is 3.47. The first-order valence-electron chi connectivity index (χ1n) is 4.52. The van der Waals surface area contributed by atoms with Crippen molar-refractivity contribution in [3.05, 3.63) is 0 Å². The van der Waals surface area contributed by atoms with Gasteiger partial charge in [0.25, 0.3) is 5.92 Å². The quantitative estimate of drug-likeness (QED) is 0.593. The van der Waals surface area contributed by atoms with Crippen molar-refractivity contribution < 1.29 is 8.78 Å². The molecule has 0 aliphatic heterocycles. The highest BCUT2D eigenvalue weighted by Gasteiger charge is 2.65. The summed E-state index contributed by atoms with van der Waals surface area (Å²) in [5.74, 6) is -2.88. The van der Waals surface area contributed by atoms with E-state index in [2.05, 4.69) is 0 Å². The molecule has 0 saturated heterocycles. The average molecular weight is 162 g/mol. The van der Waals surface area contributed by atoms with Crippen molar-refractivity contribution >= 4 is 0 Å². The van der Waals surface area contributed by atoms with Gasteiger partial charge in [0.05, 0.1) is 0 Å². The third-order valence-corrected chi connectivity index (χ3v) is 2.56. The SMILES string of the molecule is CCC[C@H]1[C@H](CCC)C1(F)F. The smallest absolute Gasteiger partial charge is 0.206 e. The van der Waals surface area contributed by atoms with Crippen LogP contribution >= 0.6 is 0 Å². The second-order valence-electron chi connectivity index (χ2n) is 3.46. The predicted molar refractivity (Wildman–Crippen MR) is 41.7 cm³/mol. The van der Waals surface area contributed by atoms with Crippen LogP contribution in [0.5, 0.6) is 0 Å². The maximum absolute atomic E-state index is 12.8. The normalized spacial score (nSPS) is 33.8. The molecule has 1 rings (SSSR count). The molecule has 2 heteroatoms. The van der Waals surface area contributed by atoms with E-state index in [1.165, 1.54) is 0 Å². The van der Waals surface area contributed by atoms with Crippen LogP contribution in [0.2, 0.25) is 0 Å². The summed E-state index contributed by atoms with van der Waals surface area (Å²) in [6.45, 7) is 3.94. The van der Waals surface area contributed by atoms with Crippen molar-refractivity contribution in [1.82, 2.24) is 0 Å². The molecule has 0 N–H and O–H groups in total. The molecule has 2 atom stereocenters. The van der Waals surface area contributed by atoms with Crippen LogP contribution < -0.4 is 0 Å². The van der Waals surface area contributed by atoms with Crippen molar-refractivity contribution in [3.8, 4) is 0 Å². The molecular weight excluding hydrogens is 146 g/mol. The van der Waals surface area contributed by atoms with Crippen LogP contribution in [-0.2, 0) is 0 Å². The van der Waals surface area contributed by atoms with Crippen LogP contribution in [-0.4, -0.2) is 5.92 Å². The number of hydrogen-bond donors (Lipinski definition) is 0. The molecule has 1 saturated carbocycles. The Morgan fingerprint density at radius 2 is 1.36 bits per heavy atom. The minimum absolute atomic E-state index is 0.285. The summed E-state index contributed by atoms with van der Waals surface area (Å²) in [5.41, 5.74) is 0. The van der Waals surface area contributed by atoms with E-state index in [1.807, 2.05) is 13.8 Å². The molecule has 0 nitrogen and oxygen atoms in total. The molecule has 0 bridgehead atoms. The summed E-state index contributed by atoms with van der Waals surface area (Å²) < 4.78 is 25.7. The zero-order valence-corrected chi connectivity index (χ0v) is 7.24. The summed E-state index contributed by atoms with van der Waals surface area (Å²) in [7, 11) is 0. The van der Waals surface area contributed by atoms with Crippen LogP contribution in [0.15, 0.2) is 0 Å². The highest BCUT2D eigenvalue weighted by atomic mass is 19.3. The van der Waals surface area contributed by atoms with Gasteiger partial charge in [-0.3, -0.25) is 0 Å². The van der Waals surface area contributed by atoms with Gasteiger partial charge in [-0.05, 0) is 12.8 Å². The van der Waals surface area contributed by atoms with Crippen LogP contribution in [0.3, 0.4) is 0 Å². The maximum atomic E-state index is 12.8. The first-order valence-corrected chi connectivity index (χ1v) is 4.52. The second kappa shape index (κ2) is 3.08. The molecule has 0 aromatic heterocycles. The van der Waals surface area contributed by atoms with Gasteiger partial charge in [-0.25, -0.2) is 8.78 Å². The highest BCUT2D eigenvalue weighted by molar-refractivity contribution is 5.04. The van der Waals surface area contributed by atoms with Gasteiger partial charge in [0.15, 0.2) is 0 Å². The minimum Gasteiger partial charge on any atom is -0.206 e. The van der Waals surface area contributed by atoms with Gasteiger partial charge in [-0.15, -0.1) is 0 Å². The van der Waals surface area contributed by atoms with Gasteiger partial charge in [0, 0.05) is 11.8 Å². The number of hydrogen-bond acceptors (Lipinski definition) is 0. The number of rotatable bonds is 4. The third-order valence-electron chi connectivity index (χ3n) is 2.56. The van der Waals surface area contributed by atoms with Crippen LogP contribution in [0.4, 0.5) is 8.78 Å². The second-order valence-corrected chi connectivity index (χ2v) is 3.46. The van der Waals surface area contributed by atoms with Crippen LogP contribution in [0.25, 0.3) is 0 Å². The monoisotopic (exact) mass is 162 g/mol. The van der Waals surface area contributed by atoms with E-state index in [1.54, 1.807) is 0 Å². The van der Waals surface area contributed by atoms with Gasteiger partial charge in [-0.1, -0.05) is 26.7 Å². The van der Waals surface area contributed by atoms with E-state index in [0.29, 0.717) is 12.8 Å². The van der Waals surface area contributed by atoms with Crippen molar-refractivity contribution in [1.29, 1.82) is 0 Å². The fourth-order valence-electron chi connectivity index (χ4n) is 1.87. The Balaban J connectivity index is 2.34. The zero-order valence-electron chi connectivity index (χ0n) is 7.24. The molecule has 0 unspecified atom stereocenters. The van der Waals surface area contributed by atoms with Crippen molar-refractivity contribution in [2.45, 2.75) is 45.5 Å². The summed E-state index contributed by atoms with van der Waals surface area (Å²) >= 11 is 0. The molecule has 0 radical (unpaired) electrons. The summed E-state index contributed by atoms with van der Waals surface area (Å²) in [5, 5.41) is 0. The molecule has 66 valence electrons. The van der Waals surface area contributed by atoms with Crippen molar-refractivity contribution in [2.75, 3.05) is 0 Å². The largest absolute Gasteiger partial charge is 0.254 e. The molecule has 0 aromatic rings. The molecule has 0 amide bonds. The molecule has 1 aliphatic carbocycles. The third kappa shape index (κ3) is 1.54. The fourth-order valence-corrected chi connectivity index (χ4v) is 1.87.